The summed E-state index contributed by atoms with van der Waals surface area (Å²) in [7, 11) is 1.96. The lowest BCUT2D eigenvalue weighted by Crippen LogP contribution is -2.46. The van der Waals surface area contributed by atoms with E-state index in [0.717, 1.165) is 39.5 Å². The highest BCUT2D eigenvalue weighted by Gasteiger charge is 2.34. The lowest BCUT2D eigenvalue weighted by molar-refractivity contribution is -0.139. The fourth-order valence-electron chi connectivity index (χ4n) is 7.82. The summed E-state index contributed by atoms with van der Waals surface area (Å²) in [5.41, 5.74) is 14.0. The summed E-state index contributed by atoms with van der Waals surface area (Å²) in [6.45, 7) is 10.6. The molecule has 1 fully saturated rings. The van der Waals surface area contributed by atoms with Crippen molar-refractivity contribution in [2.75, 3.05) is 102 Å². The van der Waals surface area contributed by atoms with Gasteiger partial charge in [-0.3, -0.25) is 19.4 Å². The second-order valence-electron chi connectivity index (χ2n) is 17.3. The number of imidazole rings is 1. The molecule has 0 saturated carbocycles. The topological polar surface area (TPSA) is 235 Å². The Morgan fingerprint density at radius 2 is 1.65 bits per heavy atom. The standard InChI is InChI=1S/C50H64N12O8S/c1-34(2)26-46(64)62-15-5-6-42(62)50(65)55-28-37-8-7-36(47-35(3)56-33-71-47)27-43(37)70-25-24-68-21-20-66-18-19-67-22-23-69-32-45(63)53-13-16-60(4)39-11-9-38(10-12-39)57-48-49-54-14-17-61(49)31-41(59-48)40-29-52-30-44(51)58-40/h7-12,14,17,27,29-31,33-34,42H,5-6,13,15-16,18-26,28,32H2,1-4H3,(H2,51,58)(H,53,63)(H,55,65)(H,57,59). The van der Waals surface area contributed by atoms with Gasteiger partial charge in [-0.25, -0.2) is 19.9 Å². The third kappa shape index (κ3) is 15.4. The van der Waals surface area contributed by atoms with Gasteiger partial charge in [0, 0.05) is 75.2 Å². The zero-order valence-electron chi connectivity index (χ0n) is 40.8. The summed E-state index contributed by atoms with van der Waals surface area (Å²) >= 11 is 1.56. The largest absolute Gasteiger partial charge is 0.491 e. The van der Waals surface area contributed by atoms with E-state index < -0.39 is 6.04 Å². The average molecular weight is 993 g/mol. The maximum atomic E-state index is 13.3. The monoisotopic (exact) mass is 992 g/mol. The Morgan fingerprint density at radius 1 is 0.901 bits per heavy atom. The molecule has 0 bridgehead atoms. The van der Waals surface area contributed by atoms with Gasteiger partial charge < -0.3 is 59.6 Å². The number of nitrogens with two attached hydrogens (primary N) is 1. The smallest absolute Gasteiger partial charge is 0.246 e. The van der Waals surface area contributed by atoms with Gasteiger partial charge in [0.1, 0.15) is 42.2 Å². The van der Waals surface area contributed by atoms with Crippen LogP contribution in [-0.2, 0) is 39.9 Å². The molecule has 1 saturated heterocycles. The normalized spacial score (nSPS) is 13.5. The molecule has 0 aliphatic carbocycles. The Morgan fingerprint density at radius 3 is 2.37 bits per heavy atom. The number of carbonyl (C=O) groups is 3. The van der Waals surface area contributed by atoms with Gasteiger partial charge in [-0.15, -0.1) is 11.3 Å². The van der Waals surface area contributed by atoms with Gasteiger partial charge in [-0.1, -0.05) is 26.0 Å². The second kappa shape index (κ2) is 26.4. The number of thiazole rings is 1. The van der Waals surface area contributed by atoms with Crippen LogP contribution in [0.4, 0.5) is 23.0 Å². The third-order valence-electron chi connectivity index (χ3n) is 11.5. The van der Waals surface area contributed by atoms with E-state index in [-0.39, 0.29) is 43.4 Å². The minimum atomic E-state index is -0.454. The van der Waals surface area contributed by atoms with E-state index in [0.29, 0.717) is 113 Å². The Bertz CT molecular complexity index is 2660. The van der Waals surface area contributed by atoms with E-state index in [1.165, 1.54) is 6.20 Å². The highest BCUT2D eigenvalue weighted by molar-refractivity contribution is 7.13. The first-order valence-corrected chi connectivity index (χ1v) is 24.7. The molecule has 1 atom stereocenters. The Hall–Kier alpha value is -6.78. The molecule has 21 heteroatoms. The summed E-state index contributed by atoms with van der Waals surface area (Å²) in [4.78, 5) is 65.3. The number of benzene rings is 2. The third-order valence-corrected chi connectivity index (χ3v) is 12.4. The number of nitrogens with one attached hydrogen (secondary N) is 3. The summed E-state index contributed by atoms with van der Waals surface area (Å²) in [6, 6.07) is 13.4. The van der Waals surface area contributed by atoms with Crippen molar-refractivity contribution in [3.63, 3.8) is 0 Å². The Labute approximate surface area is 417 Å². The molecule has 7 rings (SSSR count). The van der Waals surface area contributed by atoms with Crippen molar-refractivity contribution < 1.29 is 38.1 Å². The minimum absolute atomic E-state index is 0.0284. The molecule has 2 aromatic carbocycles. The first-order chi connectivity index (χ1) is 34.5. The van der Waals surface area contributed by atoms with Crippen LogP contribution in [0.25, 0.3) is 27.5 Å². The first kappa shape index (κ1) is 52.1. The van der Waals surface area contributed by atoms with Gasteiger partial charge in [0.2, 0.25) is 17.7 Å². The number of carbonyl (C=O) groups excluding carboxylic acids is 3. The van der Waals surface area contributed by atoms with E-state index >= 15 is 0 Å². The van der Waals surface area contributed by atoms with Crippen molar-refractivity contribution >= 4 is 57.7 Å². The average Bonchev–Trinajstić information content (AvgIpc) is 4.16. The molecule has 5 N–H and O–H groups in total. The van der Waals surface area contributed by atoms with Gasteiger partial charge in [-0.2, -0.15) is 0 Å². The molecule has 378 valence electrons. The van der Waals surface area contributed by atoms with E-state index in [1.54, 1.807) is 28.6 Å². The number of aromatic nitrogens is 6. The van der Waals surface area contributed by atoms with Crippen LogP contribution in [0.15, 0.2) is 79.0 Å². The van der Waals surface area contributed by atoms with Crippen LogP contribution in [0.3, 0.4) is 0 Å². The van der Waals surface area contributed by atoms with Crippen LogP contribution in [0.2, 0.25) is 0 Å². The van der Waals surface area contributed by atoms with Gasteiger partial charge in [-0.05, 0) is 61.6 Å². The molecule has 5 heterocycles. The van der Waals surface area contributed by atoms with Gasteiger partial charge in [0.15, 0.2) is 11.5 Å². The number of nitrogen functional groups attached to an aromatic ring is 1. The first-order valence-electron chi connectivity index (χ1n) is 23.8. The number of hydrogen-bond donors (Lipinski definition) is 4. The molecule has 0 spiro atoms. The number of ether oxygens (including phenoxy) is 5. The van der Waals surface area contributed by atoms with Crippen molar-refractivity contribution in [3.8, 4) is 27.6 Å². The maximum absolute atomic E-state index is 13.3. The molecule has 4 aromatic heterocycles. The van der Waals surface area contributed by atoms with Crippen molar-refractivity contribution in [3.05, 3.63) is 90.2 Å². The molecule has 1 unspecified atom stereocenters. The van der Waals surface area contributed by atoms with Crippen molar-refractivity contribution in [2.45, 2.75) is 52.6 Å². The fraction of sp³-hybridized carbons (Fsp3) is 0.440. The number of rotatable bonds is 28. The number of fused-ring (bicyclic) bond motifs is 1. The van der Waals surface area contributed by atoms with Crippen molar-refractivity contribution in [1.82, 2.24) is 44.9 Å². The molecule has 0 radical (unpaired) electrons. The molecule has 71 heavy (non-hydrogen) atoms. The molecule has 6 aromatic rings. The van der Waals surface area contributed by atoms with Crippen LogP contribution >= 0.6 is 11.3 Å². The minimum Gasteiger partial charge on any atom is -0.491 e. The zero-order chi connectivity index (χ0) is 50.0. The summed E-state index contributed by atoms with van der Waals surface area (Å²) in [5.74, 6) is 1.42. The number of amides is 3. The molecule has 3 amide bonds. The lowest BCUT2D eigenvalue weighted by atomic mass is 10.1. The van der Waals surface area contributed by atoms with Crippen LogP contribution < -0.4 is 31.3 Å². The highest BCUT2D eigenvalue weighted by atomic mass is 32.1. The predicted octanol–water partition coefficient (Wildman–Crippen LogP) is 5.30. The SMILES string of the molecule is Cc1ncsc1-c1ccc(CNC(=O)C2CCCN2C(=O)CC(C)C)c(OCCOCCOCCOCCOCC(=O)NCCN(C)c2ccc(Nc3nc(-c4cncc(N)n4)cn4ccnc34)cc2)c1. The Balaban J connectivity index is 0.717. The lowest BCUT2D eigenvalue weighted by Gasteiger charge is -2.25. The highest BCUT2D eigenvalue weighted by Crippen LogP contribution is 2.32. The van der Waals surface area contributed by atoms with Gasteiger partial charge >= 0.3 is 0 Å². The number of likely N-dealkylation sites (tertiary alicyclic amines) is 1. The Kier molecular flexibility index (Phi) is 19.4. The van der Waals surface area contributed by atoms with E-state index in [9.17, 15) is 14.4 Å². The second-order valence-corrected chi connectivity index (χ2v) is 18.1. The molecule has 20 nitrogen and oxygen atoms in total. The number of aryl methyl sites for hydroxylation is 1. The van der Waals surface area contributed by atoms with Crippen LogP contribution in [0.5, 0.6) is 5.75 Å². The molecule has 1 aliphatic heterocycles. The van der Waals surface area contributed by atoms with E-state index in [2.05, 4.69) is 35.9 Å². The summed E-state index contributed by atoms with van der Waals surface area (Å²) in [6.07, 6.45) is 10.4. The van der Waals surface area contributed by atoms with Crippen LogP contribution in [0, 0.1) is 12.8 Å². The summed E-state index contributed by atoms with van der Waals surface area (Å²) in [5, 5.41) is 9.30. The summed E-state index contributed by atoms with van der Waals surface area (Å²) < 4.78 is 30.5. The maximum Gasteiger partial charge on any atom is 0.246 e. The molecular formula is C50H64N12O8S. The fourth-order valence-corrected chi connectivity index (χ4v) is 8.62. The van der Waals surface area contributed by atoms with Gasteiger partial charge in [0.05, 0.1) is 74.7 Å². The number of likely N-dealkylation sites (N-methyl/N-ethyl adjacent to an activating group) is 1. The quantitative estimate of drug-likeness (QED) is 0.0457. The van der Waals surface area contributed by atoms with Crippen LogP contribution in [0.1, 0.15) is 44.4 Å². The number of nitrogens with zero attached hydrogens (tertiary/aromatic N) is 8. The van der Waals surface area contributed by atoms with Gasteiger partial charge in [0.25, 0.3) is 0 Å². The van der Waals surface area contributed by atoms with E-state index in [1.807, 2.05) is 97.5 Å². The molecule has 1 aliphatic rings. The number of anilines is 4. The van der Waals surface area contributed by atoms with Crippen LogP contribution in [-0.4, -0.2) is 144 Å². The van der Waals surface area contributed by atoms with Crippen molar-refractivity contribution in [2.24, 2.45) is 5.92 Å². The predicted molar refractivity (Wildman–Crippen MR) is 272 cm³/mol. The number of hydrogen-bond acceptors (Lipinski definition) is 17. The van der Waals surface area contributed by atoms with Crippen molar-refractivity contribution in [1.29, 1.82) is 0 Å². The zero-order valence-corrected chi connectivity index (χ0v) is 41.6. The van der Waals surface area contributed by atoms with E-state index in [4.69, 9.17) is 34.4 Å². The molecular weight excluding hydrogens is 929 g/mol.